The van der Waals surface area contributed by atoms with Gasteiger partial charge in [0.15, 0.2) is 10.9 Å². The Morgan fingerprint density at radius 3 is 2.54 bits per heavy atom. The van der Waals surface area contributed by atoms with E-state index in [2.05, 4.69) is 10.6 Å². The number of carbonyl (C=O) groups is 2. The molecule has 9 heteroatoms. The minimum atomic E-state index is -1.07. The highest BCUT2D eigenvalue weighted by atomic mass is 35.5. The first-order valence-electron chi connectivity index (χ1n) is 7.84. The number of furan rings is 1. The predicted octanol–water partition coefficient (Wildman–Crippen LogP) is 5.08. The molecule has 3 N–H and O–H groups in total. The number of benzene rings is 2. The second-order valence-electron chi connectivity index (χ2n) is 5.58. The quantitative estimate of drug-likeness (QED) is 0.496. The van der Waals surface area contributed by atoms with Crippen LogP contribution in [0, 0.1) is 0 Å². The summed E-state index contributed by atoms with van der Waals surface area (Å²) in [4.78, 5) is 23.3. The summed E-state index contributed by atoms with van der Waals surface area (Å²) in [5.41, 5.74) is 1.12. The van der Waals surface area contributed by atoms with Gasteiger partial charge in [0.1, 0.15) is 5.76 Å². The number of halogens is 2. The van der Waals surface area contributed by atoms with E-state index in [1.54, 1.807) is 36.4 Å². The highest BCUT2D eigenvalue weighted by Gasteiger charge is 2.15. The Morgan fingerprint density at radius 2 is 1.82 bits per heavy atom. The van der Waals surface area contributed by atoms with Gasteiger partial charge in [0.25, 0.3) is 5.91 Å². The van der Waals surface area contributed by atoms with Crippen molar-refractivity contribution >= 4 is 58.1 Å². The first kappa shape index (κ1) is 19.9. The second kappa shape index (κ2) is 8.43. The van der Waals surface area contributed by atoms with E-state index in [4.69, 9.17) is 44.9 Å². The molecule has 0 fully saturated rings. The largest absolute Gasteiger partial charge is 0.478 e. The second-order valence-corrected chi connectivity index (χ2v) is 6.83. The summed E-state index contributed by atoms with van der Waals surface area (Å²) in [6.45, 7) is 0. The van der Waals surface area contributed by atoms with Crippen LogP contribution < -0.4 is 10.6 Å². The standard InChI is InChI=1S/C19H12Cl2N2O4S/c20-11-4-5-13(14(21)9-11)15-6-7-16(27-15)17(24)23-19(28)22-12-3-1-2-10(8-12)18(25)26/h1-9H,(H,25,26)(H2,22,23,24,28). The molecule has 0 aliphatic carbocycles. The lowest BCUT2D eigenvalue weighted by Crippen LogP contribution is -2.33. The van der Waals surface area contributed by atoms with Crippen molar-refractivity contribution < 1.29 is 19.1 Å². The highest BCUT2D eigenvalue weighted by molar-refractivity contribution is 7.80. The third kappa shape index (κ3) is 4.69. The van der Waals surface area contributed by atoms with Gasteiger partial charge >= 0.3 is 5.97 Å². The van der Waals surface area contributed by atoms with E-state index in [-0.39, 0.29) is 16.4 Å². The summed E-state index contributed by atoms with van der Waals surface area (Å²) in [6, 6.07) is 14.0. The van der Waals surface area contributed by atoms with Gasteiger partial charge in [0.2, 0.25) is 0 Å². The topological polar surface area (TPSA) is 91.6 Å². The number of amides is 1. The monoisotopic (exact) mass is 434 g/mol. The van der Waals surface area contributed by atoms with Gasteiger partial charge in [-0.05, 0) is 60.7 Å². The number of carboxylic acids is 1. The number of rotatable bonds is 4. The van der Waals surface area contributed by atoms with Crippen LogP contribution in [0.5, 0.6) is 0 Å². The SMILES string of the molecule is O=C(O)c1cccc(NC(=S)NC(=O)c2ccc(-c3ccc(Cl)cc3Cl)o2)c1. The Morgan fingerprint density at radius 1 is 1.04 bits per heavy atom. The molecule has 142 valence electrons. The molecule has 0 bridgehead atoms. The van der Waals surface area contributed by atoms with Gasteiger partial charge in [-0.2, -0.15) is 0 Å². The Bertz CT molecular complexity index is 1080. The summed E-state index contributed by atoms with van der Waals surface area (Å²) in [6.07, 6.45) is 0. The zero-order valence-electron chi connectivity index (χ0n) is 14.0. The maximum absolute atomic E-state index is 12.3. The smallest absolute Gasteiger partial charge is 0.335 e. The number of nitrogens with one attached hydrogen (secondary N) is 2. The van der Waals surface area contributed by atoms with Crippen molar-refractivity contribution in [1.82, 2.24) is 5.32 Å². The van der Waals surface area contributed by atoms with Gasteiger partial charge in [-0.3, -0.25) is 10.1 Å². The molecule has 1 aromatic heterocycles. The van der Waals surface area contributed by atoms with Crippen molar-refractivity contribution in [2.24, 2.45) is 0 Å². The number of thiocarbonyl (C=S) groups is 1. The van der Waals surface area contributed by atoms with Crippen molar-refractivity contribution in [1.29, 1.82) is 0 Å². The summed E-state index contributed by atoms with van der Waals surface area (Å²) in [7, 11) is 0. The van der Waals surface area contributed by atoms with Gasteiger partial charge in [-0.1, -0.05) is 29.3 Å². The fraction of sp³-hybridized carbons (Fsp3) is 0. The van der Waals surface area contributed by atoms with E-state index in [9.17, 15) is 9.59 Å². The number of hydrogen-bond donors (Lipinski definition) is 3. The highest BCUT2D eigenvalue weighted by Crippen LogP contribution is 2.31. The van der Waals surface area contributed by atoms with E-state index >= 15 is 0 Å². The summed E-state index contributed by atoms with van der Waals surface area (Å²) >= 11 is 17.1. The van der Waals surface area contributed by atoms with Crippen LogP contribution in [-0.4, -0.2) is 22.1 Å². The van der Waals surface area contributed by atoms with Crippen LogP contribution in [-0.2, 0) is 0 Å². The maximum Gasteiger partial charge on any atom is 0.335 e. The molecule has 0 unspecified atom stereocenters. The molecule has 2 aromatic carbocycles. The van der Waals surface area contributed by atoms with E-state index in [1.165, 1.54) is 18.2 Å². The van der Waals surface area contributed by atoms with Crippen LogP contribution in [0.25, 0.3) is 11.3 Å². The fourth-order valence-electron chi connectivity index (χ4n) is 2.35. The summed E-state index contributed by atoms with van der Waals surface area (Å²) in [5, 5.41) is 15.1. The van der Waals surface area contributed by atoms with Gasteiger partial charge in [-0.15, -0.1) is 0 Å². The first-order chi connectivity index (χ1) is 13.3. The molecule has 3 aromatic rings. The molecular formula is C19H12Cl2N2O4S. The molecule has 0 aliphatic heterocycles. The minimum Gasteiger partial charge on any atom is -0.478 e. The summed E-state index contributed by atoms with van der Waals surface area (Å²) < 4.78 is 5.55. The molecule has 3 rings (SSSR count). The molecule has 0 aliphatic rings. The fourth-order valence-corrected chi connectivity index (χ4v) is 3.06. The lowest BCUT2D eigenvalue weighted by Gasteiger charge is -2.09. The van der Waals surface area contributed by atoms with Crippen molar-refractivity contribution in [2.45, 2.75) is 0 Å². The average molecular weight is 435 g/mol. The van der Waals surface area contributed by atoms with Crippen molar-refractivity contribution in [3.63, 3.8) is 0 Å². The Balaban J connectivity index is 1.68. The average Bonchev–Trinajstić information content (AvgIpc) is 3.11. The molecule has 28 heavy (non-hydrogen) atoms. The van der Waals surface area contributed by atoms with Crippen LogP contribution in [0.15, 0.2) is 59.0 Å². The van der Waals surface area contributed by atoms with Gasteiger partial charge in [0.05, 0.1) is 10.6 Å². The Hall–Kier alpha value is -2.87. The van der Waals surface area contributed by atoms with Crippen LogP contribution in [0.2, 0.25) is 10.0 Å². The molecule has 0 saturated heterocycles. The van der Waals surface area contributed by atoms with Gasteiger partial charge in [0, 0.05) is 16.3 Å². The number of anilines is 1. The third-order valence-corrected chi connectivity index (χ3v) is 4.37. The minimum absolute atomic E-state index is 0.00462. The number of hydrogen-bond acceptors (Lipinski definition) is 4. The normalized spacial score (nSPS) is 10.4. The summed E-state index contributed by atoms with van der Waals surface area (Å²) in [5.74, 6) is -1.20. The van der Waals surface area contributed by atoms with E-state index in [0.29, 0.717) is 27.1 Å². The molecule has 0 radical (unpaired) electrons. The zero-order chi connectivity index (χ0) is 20.3. The Labute approximate surface area is 175 Å². The Kier molecular flexibility index (Phi) is 5.99. The third-order valence-electron chi connectivity index (χ3n) is 3.62. The van der Waals surface area contributed by atoms with E-state index in [0.717, 1.165) is 0 Å². The lowest BCUT2D eigenvalue weighted by atomic mass is 10.2. The maximum atomic E-state index is 12.3. The first-order valence-corrected chi connectivity index (χ1v) is 9.01. The molecule has 0 saturated carbocycles. The predicted molar refractivity (Wildman–Crippen MR) is 111 cm³/mol. The van der Waals surface area contributed by atoms with E-state index < -0.39 is 11.9 Å². The molecule has 1 heterocycles. The van der Waals surface area contributed by atoms with Crippen molar-refractivity contribution in [3.05, 3.63) is 76.0 Å². The number of aromatic carboxylic acids is 1. The molecule has 0 atom stereocenters. The van der Waals surface area contributed by atoms with Crippen LogP contribution >= 0.6 is 35.4 Å². The van der Waals surface area contributed by atoms with Crippen LogP contribution in [0.4, 0.5) is 5.69 Å². The van der Waals surface area contributed by atoms with Gasteiger partial charge < -0.3 is 14.8 Å². The molecular weight excluding hydrogens is 423 g/mol. The molecule has 6 nitrogen and oxygen atoms in total. The van der Waals surface area contributed by atoms with Crippen LogP contribution in [0.1, 0.15) is 20.9 Å². The van der Waals surface area contributed by atoms with Crippen LogP contribution in [0.3, 0.4) is 0 Å². The van der Waals surface area contributed by atoms with Crippen molar-refractivity contribution in [2.75, 3.05) is 5.32 Å². The van der Waals surface area contributed by atoms with Gasteiger partial charge in [-0.25, -0.2) is 4.79 Å². The lowest BCUT2D eigenvalue weighted by molar-refractivity contribution is 0.0696. The number of carboxylic acid groups (broad SMARTS) is 1. The van der Waals surface area contributed by atoms with Crippen molar-refractivity contribution in [3.8, 4) is 11.3 Å². The molecule has 1 amide bonds. The zero-order valence-corrected chi connectivity index (χ0v) is 16.4. The van der Waals surface area contributed by atoms with E-state index in [1.807, 2.05) is 0 Å². The molecule has 0 spiro atoms. The number of carbonyl (C=O) groups excluding carboxylic acids is 1.